The second-order valence-electron chi connectivity index (χ2n) is 9.66. The highest BCUT2D eigenvalue weighted by atomic mass is 32.2. The fourth-order valence-electron chi connectivity index (χ4n) is 3.41. The molecule has 0 atom stereocenters. The summed E-state index contributed by atoms with van der Waals surface area (Å²) >= 11 is 2.93. The van der Waals surface area contributed by atoms with Crippen molar-refractivity contribution in [3.63, 3.8) is 0 Å². The monoisotopic (exact) mass is 486 g/mol. The molecule has 0 saturated heterocycles. The number of rotatable bonds is 9. The molecule has 3 rings (SSSR count). The Labute approximate surface area is 204 Å². The molecule has 1 aromatic heterocycles. The van der Waals surface area contributed by atoms with Crippen molar-refractivity contribution in [3.8, 4) is 0 Å². The summed E-state index contributed by atoms with van der Waals surface area (Å²) in [6.45, 7) is 9.02. The molecule has 0 unspecified atom stereocenters. The van der Waals surface area contributed by atoms with Crippen LogP contribution in [0.15, 0.2) is 34.0 Å². The van der Waals surface area contributed by atoms with Gasteiger partial charge in [-0.05, 0) is 55.2 Å². The summed E-state index contributed by atoms with van der Waals surface area (Å²) in [5, 5.41) is 0. The molecule has 0 N–H and O–H groups in total. The average molecular weight is 487 g/mol. The first-order valence-corrected chi connectivity index (χ1v) is 13.6. The Balaban J connectivity index is 2.03. The number of hydrogen-bond acceptors (Lipinski definition) is 5. The van der Waals surface area contributed by atoms with E-state index >= 15 is 0 Å². The molecular weight excluding hydrogens is 452 g/mol. The van der Waals surface area contributed by atoms with Crippen molar-refractivity contribution >= 4 is 46.9 Å². The van der Waals surface area contributed by atoms with Gasteiger partial charge in [-0.25, -0.2) is 0 Å². The smallest absolute Gasteiger partial charge is 0.269 e. The van der Waals surface area contributed by atoms with Crippen LogP contribution in [-0.4, -0.2) is 40.5 Å². The first-order valence-electron chi connectivity index (χ1n) is 11.5. The Hall–Kier alpha value is -2.12. The number of aromatic nitrogens is 1. The molecule has 1 amide bonds. The van der Waals surface area contributed by atoms with Crippen molar-refractivity contribution in [1.82, 2.24) is 9.47 Å². The average Bonchev–Trinajstić information content (AvgIpc) is 3.54. The van der Waals surface area contributed by atoms with Crippen LogP contribution in [0, 0.1) is 11.3 Å². The largest absolute Gasteiger partial charge is 0.341 e. The minimum atomic E-state index is -0.563. The zero-order valence-corrected chi connectivity index (χ0v) is 21.9. The second kappa shape index (κ2) is 10.9. The molecule has 33 heavy (non-hydrogen) atoms. The van der Waals surface area contributed by atoms with Crippen molar-refractivity contribution in [3.05, 3.63) is 49.4 Å². The second-order valence-corrected chi connectivity index (χ2v) is 11.6. The van der Waals surface area contributed by atoms with Gasteiger partial charge in [0.15, 0.2) is 5.78 Å². The molecule has 0 aliphatic heterocycles. The van der Waals surface area contributed by atoms with E-state index in [9.17, 15) is 14.4 Å². The lowest BCUT2D eigenvalue weighted by Gasteiger charge is -2.22. The Kier molecular flexibility index (Phi) is 8.40. The Morgan fingerprint density at radius 1 is 1.21 bits per heavy atom. The van der Waals surface area contributed by atoms with Crippen LogP contribution in [-0.2, 0) is 16.1 Å². The van der Waals surface area contributed by atoms with E-state index in [4.69, 9.17) is 0 Å². The molecule has 0 bridgehead atoms. The highest BCUT2D eigenvalue weighted by molar-refractivity contribution is 7.98. The van der Waals surface area contributed by atoms with Gasteiger partial charge >= 0.3 is 0 Å². The van der Waals surface area contributed by atoms with Crippen LogP contribution in [0.2, 0.25) is 0 Å². The molecule has 0 spiro atoms. The van der Waals surface area contributed by atoms with E-state index < -0.39 is 5.41 Å². The van der Waals surface area contributed by atoms with Gasteiger partial charge in [0.05, 0.1) is 4.53 Å². The number of Topliss-reactive ketones (excluding diaryl/α,β-unsaturated/α-hetero) is 1. The fourth-order valence-corrected chi connectivity index (χ4v) is 4.86. The molecule has 1 heterocycles. The summed E-state index contributed by atoms with van der Waals surface area (Å²) in [6.07, 6.45) is 8.60. The van der Waals surface area contributed by atoms with Crippen molar-refractivity contribution in [1.29, 1.82) is 0 Å². The van der Waals surface area contributed by atoms with Crippen molar-refractivity contribution in [2.24, 2.45) is 11.3 Å². The quantitative estimate of drug-likeness (QED) is 0.509. The van der Waals surface area contributed by atoms with Gasteiger partial charge in [-0.2, -0.15) is 0 Å². The van der Waals surface area contributed by atoms with Gasteiger partial charge in [-0.1, -0.05) is 39.8 Å². The van der Waals surface area contributed by atoms with E-state index in [1.54, 1.807) is 11.8 Å². The standard InChI is InChI=1S/C26H34N2O3S2/c1-6-13-27(16-19-7-8-19)23(30)17-28-24(15-22(29)26(2,3)4)33-21(25(28)31)14-18-9-11-20(32-5)12-10-18/h9-12,14-15,19H,6-8,13,16-17H2,1-5H3. The minimum absolute atomic E-state index is 0.0371. The summed E-state index contributed by atoms with van der Waals surface area (Å²) < 4.78 is 2.54. The molecule has 178 valence electrons. The molecule has 5 nitrogen and oxygen atoms in total. The Morgan fingerprint density at radius 3 is 2.42 bits per heavy atom. The summed E-state index contributed by atoms with van der Waals surface area (Å²) in [4.78, 5) is 42.3. The lowest BCUT2D eigenvalue weighted by molar-refractivity contribution is -0.132. The third kappa shape index (κ3) is 6.93. The van der Waals surface area contributed by atoms with Gasteiger partial charge in [0.25, 0.3) is 5.56 Å². The zero-order valence-electron chi connectivity index (χ0n) is 20.2. The van der Waals surface area contributed by atoms with Crippen molar-refractivity contribution in [2.75, 3.05) is 19.3 Å². The number of carbonyl (C=O) groups is 2. The van der Waals surface area contributed by atoms with Crippen molar-refractivity contribution in [2.45, 2.75) is 58.4 Å². The van der Waals surface area contributed by atoms with Crippen LogP contribution >= 0.6 is 23.1 Å². The first kappa shape index (κ1) is 25.5. The van der Waals surface area contributed by atoms with Crippen LogP contribution in [0.5, 0.6) is 0 Å². The summed E-state index contributed by atoms with van der Waals surface area (Å²) in [5.41, 5.74) is 0.130. The van der Waals surface area contributed by atoms with Gasteiger partial charge in [-0.15, -0.1) is 23.1 Å². The molecule has 1 fully saturated rings. The predicted molar refractivity (Wildman–Crippen MR) is 138 cm³/mol. The van der Waals surface area contributed by atoms with Crippen LogP contribution in [0.25, 0.3) is 12.2 Å². The highest BCUT2D eigenvalue weighted by Gasteiger charge is 2.27. The molecule has 1 aromatic carbocycles. The predicted octanol–water partition coefficient (Wildman–Crippen LogP) is 3.50. The zero-order chi connectivity index (χ0) is 24.2. The summed E-state index contributed by atoms with van der Waals surface area (Å²) in [5.74, 6) is 0.461. The number of nitrogens with zero attached hydrogens (tertiary/aromatic N) is 2. The lowest BCUT2D eigenvalue weighted by Crippen LogP contribution is -2.41. The Morgan fingerprint density at radius 2 is 1.88 bits per heavy atom. The fraction of sp³-hybridized carbons (Fsp3) is 0.500. The lowest BCUT2D eigenvalue weighted by atomic mass is 9.91. The van der Waals surface area contributed by atoms with Crippen LogP contribution in [0.4, 0.5) is 0 Å². The molecule has 0 radical (unpaired) electrons. The maximum atomic E-state index is 13.3. The number of ketones is 1. The molecule has 1 aliphatic rings. The Bertz CT molecular complexity index is 1170. The molecule has 7 heteroatoms. The van der Waals surface area contributed by atoms with E-state index in [2.05, 4.69) is 6.92 Å². The van der Waals surface area contributed by atoms with Crippen LogP contribution in [0.3, 0.4) is 0 Å². The van der Waals surface area contributed by atoms with Crippen LogP contribution < -0.4 is 14.8 Å². The van der Waals surface area contributed by atoms with Crippen molar-refractivity contribution < 1.29 is 9.59 Å². The summed E-state index contributed by atoms with van der Waals surface area (Å²) in [6, 6.07) is 7.98. The number of amides is 1. The van der Waals surface area contributed by atoms with Crippen LogP contribution in [0.1, 0.15) is 52.5 Å². The topological polar surface area (TPSA) is 59.4 Å². The van der Waals surface area contributed by atoms with E-state index in [1.807, 2.05) is 62.3 Å². The van der Waals surface area contributed by atoms with Gasteiger partial charge in [0.2, 0.25) is 5.91 Å². The maximum Gasteiger partial charge on any atom is 0.269 e. The van der Waals surface area contributed by atoms with Gasteiger partial charge in [-0.3, -0.25) is 19.0 Å². The maximum absolute atomic E-state index is 13.3. The van der Waals surface area contributed by atoms with E-state index in [0.29, 0.717) is 21.7 Å². The molecular formula is C26H34N2O3S2. The SMILES string of the molecule is CCCN(CC1CC1)C(=O)Cn1c(=CC(=O)C(C)(C)C)sc(=Cc2ccc(SC)cc2)c1=O. The molecule has 1 saturated carbocycles. The first-order chi connectivity index (χ1) is 15.6. The summed E-state index contributed by atoms with van der Waals surface area (Å²) in [7, 11) is 0. The highest BCUT2D eigenvalue weighted by Crippen LogP contribution is 2.29. The number of carbonyl (C=O) groups excluding carboxylic acids is 2. The number of hydrogen-bond donors (Lipinski definition) is 0. The number of benzene rings is 1. The van der Waals surface area contributed by atoms with Gasteiger partial charge < -0.3 is 4.90 Å². The van der Waals surface area contributed by atoms with Gasteiger partial charge in [0.1, 0.15) is 11.2 Å². The van der Waals surface area contributed by atoms with E-state index in [-0.39, 0.29) is 23.8 Å². The number of thiazole rings is 1. The third-order valence-electron chi connectivity index (χ3n) is 5.66. The van der Waals surface area contributed by atoms with E-state index in [0.717, 1.165) is 23.4 Å². The molecule has 2 aromatic rings. The number of thioether (sulfide) groups is 1. The van der Waals surface area contributed by atoms with Gasteiger partial charge in [0, 0.05) is 29.5 Å². The molecule has 1 aliphatic carbocycles. The minimum Gasteiger partial charge on any atom is -0.341 e. The van der Waals surface area contributed by atoms with E-state index in [1.165, 1.54) is 34.8 Å². The normalized spacial score (nSPS) is 15.2. The third-order valence-corrected chi connectivity index (χ3v) is 7.46.